The van der Waals surface area contributed by atoms with Crippen molar-refractivity contribution in [3.05, 3.63) is 18.0 Å². The lowest BCUT2D eigenvalue weighted by Crippen LogP contribution is -1.98. The Morgan fingerprint density at radius 2 is 2.40 bits per heavy atom. The van der Waals surface area contributed by atoms with Gasteiger partial charge in [-0.25, -0.2) is 0 Å². The van der Waals surface area contributed by atoms with Crippen LogP contribution >= 0.6 is 0 Å². The van der Waals surface area contributed by atoms with E-state index >= 15 is 0 Å². The van der Waals surface area contributed by atoms with Crippen molar-refractivity contribution in [3.63, 3.8) is 0 Å². The molecule has 1 unspecified atom stereocenters. The van der Waals surface area contributed by atoms with E-state index in [0.717, 1.165) is 30.9 Å². The van der Waals surface area contributed by atoms with Gasteiger partial charge in [-0.3, -0.25) is 4.68 Å². The van der Waals surface area contributed by atoms with Crippen LogP contribution in [0.15, 0.2) is 12.4 Å². The second-order valence-corrected chi connectivity index (χ2v) is 4.57. The van der Waals surface area contributed by atoms with Crippen molar-refractivity contribution < 1.29 is 5.11 Å². The van der Waals surface area contributed by atoms with Gasteiger partial charge in [0.05, 0.1) is 12.3 Å². The summed E-state index contributed by atoms with van der Waals surface area (Å²) in [6.45, 7) is 3.07. The number of aromatic nitrogens is 2. The first kappa shape index (κ1) is 10.7. The predicted molar refractivity (Wildman–Crippen MR) is 59.4 cm³/mol. The molecule has 0 radical (unpaired) electrons. The van der Waals surface area contributed by atoms with Gasteiger partial charge in [-0.1, -0.05) is 19.8 Å². The SMILES string of the molecule is CCCn1cc(C(O)CCC2CC2)cn1. The highest BCUT2D eigenvalue weighted by Crippen LogP contribution is 2.35. The maximum Gasteiger partial charge on any atom is 0.0820 e. The van der Waals surface area contributed by atoms with Crippen molar-refractivity contribution in [2.24, 2.45) is 5.92 Å². The highest BCUT2D eigenvalue weighted by atomic mass is 16.3. The average molecular weight is 208 g/mol. The van der Waals surface area contributed by atoms with Gasteiger partial charge < -0.3 is 5.11 Å². The van der Waals surface area contributed by atoms with E-state index in [1.807, 2.05) is 10.9 Å². The zero-order valence-corrected chi connectivity index (χ0v) is 9.39. The number of aryl methyl sites for hydroxylation is 1. The van der Waals surface area contributed by atoms with Gasteiger partial charge in [0.25, 0.3) is 0 Å². The van der Waals surface area contributed by atoms with Gasteiger partial charge in [-0.05, 0) is 25.2 Å². The molecule has 1 aromatic heterocycles. The van der Waals surface area contributed by atoms with E-state index in [2.05, 4.69) is 12.0 Å². The maximum atomic E-state index is 9.93. The molecular formula is C12H20N2O. The van der Waals surface area contributed by atoms with E-state index in [9.17, 15) is 5.11 Å². The Labute approximate surface area is 91.1 Å². The maximum absolute atomic E-state index is 9.93. The van der Waals surface area contributed by atoms with E-state index in [1.165, 1.54) is 19.3 Å². The smallest absolute Gasteiger partial charge is 0.0820 e. The molecule has 1 N–H and O–H groups in total. The third-order valence-corrected chi connectivity index (χ3v) is 3.04. The summed E-state index contributed by atoms with van der Waals surface area (Å²) in [7, 11) is 0. The van der Waals surface area contributed by atoms with Crippen LogP contribution in [0.5, 0.6) is 0 Å². The molecule has 1 atom stereocenters. The number of hydrogen-bond acceptors (Lipinski definition) is 2. The minimum absolute atomic E-state index is 0.309. The van der Waals surface area contributed by atoms with E-state index in [1.54, 1.807) is 6.20 Å². The second-order valence-electron chi connectivity index (χ2n) is 4.57. The van der Waals surface area contributed by atoms with Crippen molar-refractivity contribution in [1.82, 2.24) is 9.78 Å². The van der Waals surface area contributed by atoms with Gasteiger partial charge in [0.2, 0.25) is 0 Å². The van der Waals surface area contributed by atoms with Crippen LogP contribution in [0.1, 0.15) is 50.7 Å². The number of aliphatic hydroxyl groups excluding tert-OH is 1. The monoisotopic (exact) mass is 208 g/mol. The summed E-state index contributed by atoms with van der Waals surface area (Å²) in [4.78, 5) is 0. The Bertz CT molecular complexity index is 304. The molecule has 0 amide bonds. The summed E-state index contributed by atoms with van der Waals surface area (Å²) in [5.74, 6) is 0.894. The van der Waals surface area contributed by atoms with Gasteiger partial charge in [-0.15, -0.1) is 0 Å². The molecule has 0 bridgehead atoms. The molecular weight excluding hydrogens is 188 g/mol. The first-order valence-electron chi connectivity index (χ1n) is 6.00. The van der Waals surface area contributed by atoms with Crippen LogP contribution in [0.25, 0.3) is 0 Å². The number of hydrogen-bond donors (Lipinski definition) is 1. The third-order valence-electron chi connectivity index (χ3n) is 3.04. The fourth-order valence-electron chi connectivity index (χ4n) is 1.87. The molecule has 1 aliphatic rings. The van der Waals surface area contributed by atoms with Crippen LogP contribution in [-0.4, -0.2) is 14.9 Å². The van der Waals surface area contributed by atoms with Gasteiger partial charge >= 0.3 is 0 Å². The molecule has 1 saturated carbocycles. The zero-order valence-electron chi connectivity index (χ0n) is 9.39. The van der Waals surface area contributed by atoms with Crippen LogP contribution in [0.2, 0.25) is 0 Å². The highest BCUT2D eigenvalue weighted by molar-refractivity contribution is 5.07. The fourth-order valence-corrected chi connectivity index (χ4v) is 1.87. The van der Waals surface area contributed by atoms with Gasteiger partial charge in [0.15, 0.2) is 0 Å². The molecule has 1 aromatic rings. The Balaban J connectivity index is 1.83. The van der Waals surface area contributed by atoms with Crippen LogP contribution in [0, 0.1) is 5.92 Å². The first-order valence-corrected chi connectivity index (χ1v) is 6.00. The molecule has 84 valence electrons. The van der Waals surface area contributed by atoms with E-state index in [-0.39, 0.29) is 6.10 Å². The Kier molecular flexibility index (Phi) is 3.41. The molecule has 2 rings (SSSR count). The minimum atomic E-state index is -0.309. The molecule has 1 aliphatic carbocycles. The number of rotatable bonds is 6. The molecule has 1 heterocycles. The molecule has 0 saturated heterocycles. The van der Waals surface area contributed by atoms with Crippen LogP contribution < -0.4 is 0 Å². The second kappa shape index (κ2) is 4.79. The Hall–Kier alpha value is -0.830. The van der Waals surface area contributed by atoms with Crippen molar-refractivity contribution in [1.29, 1.82) is 0 Å². The van der Waals surface area contributed by atoms with Gasteiger partial charge in [0, 0.05) is 18.3 Å². The summed E-state index contributed by atoms with van der Waals surface area (Å²) in [6.07, 6.45) is 9.33. The summed E-state index contributed by atoms with van der Waals surface area (Å²) >= 11 is 0. The number of aliphatic hydroxyl groups is 1. The van der Waals surface area contributed by atoms with Gasteiger partial charge in [0.1, 0.15) is 0 Å². The van der Waals surface area contributed by atoms with Crippen LogP contribution in [0.3, 0.4) is 0 Å². The molecule has 3 nitrogen and oxygen atoms in total. The van der Waals surface area contributed by atoms with Crippen LogP contribution in [0.4, 0.5) is 0 Å². The molecule has 3 heteroatoms. The molecule has 0 spiro atoms. The van der Waals surface area contributed by atoms with E-state index in [4.69, 9.17) is 0 Å². The van der Waals surface area contributed by atoms with Crippen molar-refractivity contribution in [2.75, 3.05) is 0 Å². The van der Waals surface area contributed by atoms with Crippen molar-refractivity contribution in [3.8, 4) is 0 Å². The lowest BCUT2D eigenvalue weighted by Gasteiger charge is -2.06. The van der Waals surface area contributed by atoms with Gasteiger partial charge in [-0.2, -0.15) is 5.10 Å². The van der Waals surface area contributed by atoms with Crippen molar-refractivity contribution in [2.45, 2.75) is 51.7 Å². The average Bonchev–Trinajstić information content (AvgIpc) is 2.94. The zero-order chi connectivity index (χ0) is 10.7. The lowest BCUT2D eigenvalue weighted by molar-refractivity contribution is 0.162. The Morgan fingerprint density at radius 3 is 3.07 bits per heavy atom. The summed E-state index contributed by atoms with van der Waals surface area (Å²) < 4.78 is 1.91. The standard InChI is InChI=1S/C12H20N2O/c1-2-7-14-9-11(8-13-14)12(15)6-5-10-3-4-10/h8-10,12,15H,2-7H2,1H3. The molecule has 0 aliphatic heterocycles. The number of nitrogens with zero attached hydrogens (tertiary/aromatic N) is 2. The predicted octanol–water partition coefficient (Wildman–Crippen LogP) is 2.52. The molecule has 1 fully saturated rings. The van der Waals surface area contributed by atoms with E-state index < -0.39 is 0 Å². The largest absolute Gasteiger partial charge is 0.388 e. The third kappa shape index (κ3) is 3.06. The minimum Gasteiger partial charge on any atom is -0.388 e. The highest BCUT2D eigenvalue weighted by Gasteiger charge is 2.22. The summed E-state index contributed by atoms with van der Waals surface area (Å²) in [5.41, 5.74) is 0.976. The van der Waals surface area contributed by atoms with Crippen molar-refractivity contribution >= 4 is 0 Å². The van der Waals surface area contributed by atoms with E-state index in [0.29, 0.717) is 0 Å². The molecule has 15 heavy (non-hydrogen) atoms. The van der Waals surface area contributed by atoms with Crippen LogP contribution in [-0.2, 0) is 6.54 Å². The fraction of sp³-hybridized carbons (Fsp3) is 0.750. The normalized spacial score (nSPS) is 18.0. The Morgan fingerprint density at radius 1 is 1.60 bits per heavy atom. The summed E-state index contributed by atoms with van der Waals surface area (Å²) in [5, 5.41) is 14.2. The molecule has 0 aromatic carbocycles. The summed E-state index contributed by atoms with van der Waals surface area (Å²) in [6, 6.07) is 0. The lowest BCUT2D eigenvalue weighted by atomic mass is 10.1. The first-order chi connectivity index (χ1) is 7.29. The topological polar surface area (TPSA) is 38.0 Å². The quantitative estimate of drug-likeness (QED) is 0.780.